The van der Waals surface area contributed by atoms with Crippen molar-refractivity contribution in [3.63, 3.8) is 0 Å². The standard InChI is InChI=1S/C26H27FN2O4/c1-32-24-9-8-18(12-23(24)27)14-28-25(31)22-13-20(15-29-26(22)33-16-17-6-7-17)21-5-3-2-4-19(21)10-11-30/h2-5,8-9,12-13,15,17,30H,6-7,10-11,14,16H2,1H3,(H,28,31). The number of carbonyl (C=O) groups excluding carboxylic acids is 1. The number of methoxy groups -OCH3 is 1. The van der Waals surface area contributed by atoms with Gasteiger partial charge in [0.2, 0.25) is 5.88 Å². The van der Waals surface area contributed by atoms with E-state index in [1.807, 2.05) is 24.3 Å². The van der Waals surface area contributed by atoms with Crippen molar-refractivity contribution in [1.82, 2.24) is 10.3 Å². The zero-order chi connectivity index (χ0) is 23.2. The van der Waals surface area contributed by atoms with E-state index in [1.165, 1.54) is 19.2 Å². The van der Waals surface area contributed by atoms with E-state index < -0.39 is 5.82 Å². The summed E-state index contributed by atoms with van der Waals surface area (Å²) in [5.74, 6) is 0.103. The van der Waals surface area contributed by atoms with E-state index in [4.69, 9.17) is 9.47 Å². The van der Waals surface area contributed by atoms with Crippen molar-refractivity contribution >= 4 is 5.91 Å². The third-order valence-electron chi connectivity index (χ3n) is 5.63. The normalized spacial score (nSPS) is 12.9. The molecule has 1 fully saturated rings. The first kappa shape index (κ1) is 22.7. The number of benzene rings is 2. The molecule has 0 bridgehead atoms. The molecule has 4 rings (SSSR count). The SMILES string of the molecule is COc1ccc(CNC(=O)c2cc(-c3ccccc3CCO)cnc2OCC2CC2)cc1F. The maximum atomic E-state index is 14.0. The second-order valence-electron chi connectivity index (χ2n) is 8.11. The molecule has 1 aliphatic carbocycles. The summed E-state index contributed by atoms with van der Waals surface area (Å²) in [5, 5.41) is 12.2. The van der Waals surface area contributed by atoms with Crippen molar-refractivity contribution in [2.75, 3.05) is 20.3 Å². The van der Waals surface area contributed by atoms with Crippen LogP contribution >= 0.6 is 0 Å². The predicted molar refractivity (Wildman–Crippen MR) is 123 cm³/mol. The van der Waals surface area contributed by atoms with Gasteiger partial charge in [-0.15, -0.1) is 0 Å². The van der Waals surface area contributed by atoms with Gasteiger partial charge in [0.25, 0.3) is 5.91 Å². The monoisotopic (exact) mass is 450 g/mol. The number of hydrogen-bond donors (Lipinski definition) is 2. The highest BCUT2D eigenvalue weighted by molar-refractivity contribution is 5.97. The first-order chi connectivity index (χ1) is 16.1. The second kappa shape index (κ2) is 10.4. The van der Waals surface area contributed by atoms with E-state index in [9.17, 15) is 14.3 Å². The molecule has 0 saturated heterocycles. The van der Waals surface area contributed by atoms with Crippen LogP contribution in [-0.2, 0) is 13.0 Å². The molecule has 6 nitrogen and oxygen atoms in total. The molecule has 1 aliphatic rings. The molecule has 1 amide bonds. The summed E-state index contributed by atoms with van der Waals surface area (Å²) < 4.78 is 24.8. The minimum absolute atomic E-state index is 0.0266. The van der Waals surface area contributed by atoms with E-state index in [0.29, 0.717) is 30.1 Å². The fourth-order valence-corrected chi connectivity index (χ4v) is 3.60. The number of carbonyl (C=O) groups is 1. The number of aliphatic hydroxyl groups is 1. The van der Waals surface area contributed by atoms with Gasteiger partial charge >= 0.3 is 0 Å². The Morgan fingerprint density at radius 1 is 1.21 bits per heavy atom. The Hall–Kier alpha value is -3.45. The van der Waals surface area contributed by atoms with Crippen LogP contribution < -0.4 is 14.8 Å². The minimum Gasteiger partial charge on any atom is -0.494 e. The molecule has 0 radical (unpaired) electrons. The molecule has 7 heteroatoms. The van der Waals surface area contributed by atoms with E-state index in [1.54, 1.807) is 18.3 Å². The highest BCUT2D eigenvalue weighted by Crippen LogP contribution is 2.31. The number of halogens is 1. The van der Waals surface area contributed by atoms with Gasteiger partial charge in [-0.05, 0) is 60.1 Å². The Labute approximate surface area is 192 Å². The average molecular weight is 451 g/mol. The first-order valence-electron chi connectivity index (χ1n) is 11.0. The van der Waals surface area contributed by atoms with Gasteiger partial charge in [-0.1, -0.05) is 30.3 Å². The number of pyridine rings is 1. The zero-order valence-electron chi connectivity index (χ0n) is 18.5. The molecule has 2 N–H and O–H groups in total. The molecule has 0 spiro atoms. The van der Waals surface area contributed by atoms with Gasteiger partial charge in [0, 0.05) is 24.9 Å². The van der Waals surface area contributed by atoms with Gasteiger partial charge in [0.15, 0.2) is 11.6 Å². The number of rotatable bonds is 10. The molecular formula is C26H27FN2O4. The number of amides is 1. The van der Waals surface area contributed by atoms with Gasteiger partial charge in [0.1, 0.15) is 5.56 Å². The lowest BCUT2D eigenvalue weighted by molar-refractivity contribution is 0.0945. The number of aromatic nitrogens is 1. The number of ether oxygens (including phenoxy) is 2. The summed E-state index contributed by atoms with van der Waals surface area (Å²) in [6.45, 7) is 0.698. The average Bonchev–Trinajstić information content (AvgIpc) is 3.66. The van der Waals surface area contributed by atoms with Crippen molar-refractivity contribution in [3.05, 3.63) is 77.2 Å². The van der Waals surface area contributed by atoms with Gasteiger partial charge < -0.3 is 19.9 Å². The van der Waals surface area contributed by atoms with Gasteiger partial charge in [-0.3, -0.25) is 4.79 Å². The molecule has 1 aromatic heterocycles. The Balaban J connectivity index is 1.58. The number of nitrogens with one attached hydrogen (secondary N) is 1. The van der Waals surface area contributed by atoms with Crippen LogP contribution in [0, 0.1) is 11.7 Å². The Morgan fingerprint density at radius 2 is 2.03 bits per heavy atom. The van der Waals surface area contributed by atoms with Crippen LogP contribution in [0.5, 0.6) is 11.6 Å². The van der Waals surface area contributed by atoms with Crippen molar-refractivity contribution in [1.29, 1.82) is 0 Å². The molecule has 3 aromatic rings. The van der Waals surface area contributed by atoms with Crippen LogP contribution in [0.15, 0.2) is 54.7 Å². The predicted octanol–water partition coefficient (Wildman–Crippen LogP) is 4.15. The van der Waals surface area contributed by atoms with Crippen LogP contribution in [0.1, 0.15) is 34.3 Å². The Kier molecular flexibility index (Phi) is 7.19. The van der Waals surface area contributed by atoms with E-state index >= 15 is 0 Å². The van der Waals surface area contributed by atoms with Crippen LogP contribution in [0.2, 0.25) is 0 Å². The summed E-state index contributed by atoms with van der Waals surface area (Å²) in [6, 6.07) is 14.0. The molecule has 1 heterocycles. The van der Waals surface area contributed by atoms with Crippen molar-refractivity contribution in [2.45, 2.75) is 25.8 Å². The molecule has 1 saturated carbocycles. The van der Waals surface area contributed by atoms with E-state index in [-0.39, 0.29) is 30.7 Å². The quantitative estimate of drug-likeness (QED) is 0.485. The number of nitrogens with zero attached hydrogens (tertiary/aromatic N) is 1. The highest BCUT2D eigenvalue weighted by atomic mass is 19.1. The van der Waals surface area contributed by atoms with E-state index in [2.05, 4.69) is 10.3 Å². The lowest BCUT2D eigenvalue weighted by atomic mass is 9.98. The van der Waals surface area contributed by atoms with Crippen LogP contribution in [0.4, 0.5) is 4.39 Å². The summed E-state index contributed by atoms with van der Waals surface area (Å²) in [5.41, 5.74) is 3.56. The minimum atomic E-state index is -0.484. The molecular weight excluding hydrogens is 423 g/mol. The highest BCUT2D eigenvalue weighted by Gasteiger charge is 2.24. The first-order valence-corrected chi connectivity index (χ1v) is 11.0. The smallest absolute Gasteiger partial charge is 0.257 e. The largest absolute Gasteiger partial charge is 0.494 e. The molecule has 172 valence electrons. The molecule has 0 atom stereocenters. The van der Waals surface area contributed by atoms with Crippen LogP contribution in [-0.4, -0.2) is 36.3 Å². The topological polar surface area (TPSA) is 80.7 Å². The fourth-order valence-electron chi connectivity index (χ4n) is 3.60. The zero-order valence-corrected chi connectivity index (χ0v) is 18.5. The molecule has 0 unspecified atom stereocenters. The summed E-state index contributed by atoms with van der Waals surface area (Å²) >= 11 is 0. The maximum Gasteiger partial charge on any atom is 0.257 e. The maximum absolute atomic E-state index is 14.0. The van der Waals surface area contributed by atoms with Crippen LogP contribution in [0.25, 0.3) is 11.1 Å². The molecule has 0 aliphatic heterocycles. The van der Waals surface area contributed by atoms with Crippen molar-refractivity contribution in [3.8, 4) is 22.8 Å². The Bertz CT molecular complexity index is 1130. The van der Waals surface area contributed by atoms with Gasteiger partial charge in [-0.2, -0.15) is 0 Å². The summed E-state index contributed by atoms with van der Waals surface area (Å²) in [4.78, 5) is 17.6. The second-order valence-corrected chi connectivity index (χ2v) is 8.11. The molecule has 33 heavy (non-hydrogen) atoms. The lowest BCUT2D eigenvalue weighted by Gasteiger charge is -2.14. The van der Waals surface area contributed by atoms with Crippen LogP contribution in [0.3, 0.4) is 0 Å². The summed E-state index contributed by atoms with van der Waals surface area (Å²) in [6.07, 6.45) is 4.43. The van der Waals surface area contributed by atoms with Crippen molar-refractivity contribution < 1.29 is 23.8 Å². The third-order valence-corrected chi connectivity index (χ3v) is 5.63. The number of aliphatic hydroxyl groups excluding tert-OH is 1. The van der Waals surface area contributed by atoms with Crippen molar-refractivity contribution in [2.24, 2.45) is 5.92 Å². The lowest BCUT2D eigenvalue weighted by Crippen LogP contribution is -2.24. The van der Waals surface area contributed by atoms with E-state index in [0.717, 1.165) is 29.5 Å². The van der Waals surface area contributed by atoms with Gasteiger partial charge in [-0.25, -0.2) is 9.37 Å². The van der Waals surface area contributed by atoms with Gasteiger partial charge in [0.05, 0.1) is 13.7 Å². The Morgan fingerprint density at radius 3 is 2.76 bits per heavy atom. The molecule has 2 aromatic carbocycles. The third kappa shape index (κ3) is 5.68. The number of hydrogen-bond acceptors (Lipinski definition) is 5. The fraction of sp³-hybridized carbons (Fsp3) is 0.308. The summed E-state index contributed by atoms with van der Waals surface area (Å²) in [7, 11) is 1.40.